The fourth-order valence-corrected chi connectivity index (χ4v) is 2.69. The van der Waals surface area contributed by atoms with E-state index in [0.717, 1.165) is 0 Å². The number of sulfonamides is 1. The van der Waals surface area contributed by atoms with Crippen LogP contribution >= 0.6 is 0 Å². The van der Waals surface area contributed by atoms with Gasteiger partial charge in [-0.1, -0.05) is 13.0 Å². The van der Waals surface area contributed by atoms with Crippen LogP contribution in [0.5, 0.6) is 0 Å². The van der Waals surface area contributed by atoms with E-state index in [2.05, 4.69) is 4.72 Å². The summed E-state index contributed by atoms with van der Waals surface area (Å²) in [7, 11) is -3.48. The molecule has 1 aromatic rings. The molecule has 5 nitrogen and oxygen atoms in total. The Morgan fingerprint density at radius 1 is 1.35 bits per heavy atom. The molecule has 1 aromatic carbocycles. The average molecular weight is 306 g/mol. The monoisotopic (exact) mass is 306 g/mol. The van der Waals surface area contributed by atoms with Crippen LogP contribution in [-0.2, 0) is 14.8 Å². The number of carbonyl (C=O) groups is 1. The maximum absolute atomic E-state index is 12.1. The molecule has 0 bridgehead atoms. The molecule has 0 aliphatic heterocycles. The van der Waals surface area contributed by atoms with Crippen LogP contribution < -0.4 is 10.0 Å². The van der Waals surface area contributed by atoms with E-state index in [4.69, 9.17) is 0 Å². The lowest BCUT2D eigenvalue weighted by molar-refractivity contribution is -0.126. The molecule has 8 heteroatoms. The Labute approximate surface area is 116 Å². The van der Waals surface area contributed by atoms with Crippen molar-refractivity contribution in [3.63, 3.8) is 0 Å². The number of alkyl halides is 2. The van der Waals surface area contributed by atoms with Crippen molar-refractivity contribution in [3.8, 4) is 0 Å². The molecule has 0 aromatic heterocycles. The van der Waals surface area contributed by atoms with Crippen LogP contribution in [0, 0.1) is 6.92 Å². The highest BCUT2D eigenvalue weighted by molar-refractivity contribution is 7.92. The average Bonchev–Trinajstić information content (AvgIpc) is 2.32. The van der Waals surface area contributed by atoms with Crippen molar-refractivity contribution in [2.45, 2.75) is 26.7 Å². The predicted octanol–water partition coefficient (Wildman–Crippen LogP) is 2.35. The lowest BCUT2D eigenvalue weighted by Crippen LogP contribution is -2.20. The first-order valence-electron chi connectivity index (χ1n) is 5.95. The van der Waals surface area contributed by atoms with Crippen LogP contribution in [0.3, 0.4) is 0 Å². The van der Waals surface area contributed by atoms with Gasteiger partial charge >= 0.3 is 6.43 Å². The lowest BCUT2D eigenvalue weighted by Gasteiger charge is -2.12. The van der Waals surface area contributed by atoms with Crippen molar-refractivity contribution < 1.29 is 22.0 Å². The highest BCUT2D eigenvalue weighted by Gasteiger charge is 2.16. The van der Waals surface area contributed by atoms with Crippen LogP contribution in [0.2, 0.25) is 0 Å². The predicted molar refractivity (Wildman–Crippen MR) is 73.5 cm³/mol. The third-order valence-corrected chi connectivity index (χ3v) is 3.92. The molecule has 20 heavy (non-hydrogen) atoms. The molecule has 112 valence electrons. The van der Waals surface area contributed by atoms with E-state index >= 15 is 0 Å². The van der Waals surface area contributed by atoms with Crippen LogP contribution in [0.25, 0.3) is 0 Å². The summed E-state index contributed by atoms with van der Waals surface area (Å²) in [5.41, 5.74) is 0.986. The molecule has 0 saturated carbocycles. The van der Waals surface area contributed by atoms with E-state index in [9.17, 15) is 22.0 Å². The second-order valence-electron chi connectivity index (χ2n) is 4.24. The van der Waals surface area contributed by atoms with Crippen LogP contribution in [0.1, 0.15) is 18.9 Å². The van der Waals surface area contributed by atoms with Gasteiger partial charge in [0.2, 0.25) is 10.0 Å². The molecule has 0 aliphatic carbocycles. The normalized spacial score (nSPS) is 11.4. The summed E-state index contributed by atoms with van der Waals surface area (Å²) in [5.74, 6) is -1.48. The van der Waals surface area contributed by atoms with Crippen LogP contribution in [-0.4, -0.2) is 26.5 Å². The standard InChI is InChI=1S/C12H16F2N2O3S/c1-3-6-20(18,19)16-10-7-9(5-4-8(10)2)15-12(17)11(13)14/h4-5,7,11,16H,3,6H2,1-2H3,(H,15,17). The topological polar surface area (TPSA) is 75.3 Å². The summed E-state index contributed by atoms with van der Waals surface area (Å²) in [6, 6.07) is 4.26. The van der Waals surface area contributed by atoms with Gasteiger partial charge in [0.05, 0.1) is 11.4 Å². The van der Waals surface area contributed by atoms with E-state index in [-0.39, 0.29) is 17.1 Å². The third kappa shape index (κ3) is 4.76. The molecule has 0 atom stereocenters. The molecule has 2 N–H and O–H groups in total. The minimum absolute atomic E-state index is 0.0416. The van der Waals surface area contributed by atoms with E-state index < -0.39 is 22.4 Å². The molecule has 0 fully saturated rings. The number of hydrogen-bond donors (Lipinski definition) is 2. The van der Waals surface area contributed by atoms with E-state index in [1.165, 1.54) is 18.2 Å². The molecule has 0 spiro atoms. The SMILES string of the molecule is CCCS(=O)(=O)Nc1cc(NC(=O)C(F)F)ccc1C. The van der Waals surface area contributed by atoms with Crippen molar-refractivity contribution in [1.82, 2.24) is 0 Å². The highest BCUT2D eigenvalue weighted by atomic mass is 32.2. The summed E-state index contributed by atoms with van der Waals surface area (Å²) in [6.07, 6.45) is -2.67. The van der Waals surface area contributed by atoms with Gasteiger partial charge in [-0.25, -0.2) is 8.42 Å². The number of nitrogens with one attached hydrogen (secondary N) is 2. The quantitative estimate of drug-likeness (QED) is 0.847. The van der Waals surface area contributed by atoms with Gasteiger partial charge in [-0.3, -0.25) is 9.52 Å². The van der Waals surface area contributed by atoms with Gasteiger partial charge in [0.25, 0.3) is 5.91 Å². The second-order valence-corrected chi connectivity index (χ2v) is 6.08. The maximum Gasteiger partial charge on any atom is 0.315 e. The fourth-order valence-electron chi connectivity index (χ4n) is 1.49. The molecule has 0 saturated heterocycles. The van der Waals surface area contributed by atoms with Gasteiger partial charge in [-0.2, -0.15) is 8.78 Å². The molecule has 0 aliphatic rings. The smallest absolute Gasteiger partial charge is 0.315 e. The molecule has 0 heterocycles. The number of halogens is 2. The number of aryl methyl sites for hydroxylation is 1. The minimum Gasteiger partial charge on any atom is -0.321 e. The molecule has 1 rings (SSSR count). The van der Waals surface area contributed by atoms with Crippen molar-refractivity contribution in [2.75, 3.05) is 15.8 Å². The van der Waals surface area contributed by atoms with E-state index in [1.807, 2.05) is 5.32 Å². The summed E-state index contributed by atoms with van der Waals surface area (Å²) in [4.78, 5) is 10.9. The van der Waals surface area contributed by atoms with Gasteiger partial charge in [0, 0.05) is 5.69 Å². The number of benzene rings is 1. The summed E-state index contributed by atoms with van der Waals surface area (Å²) in [6.45, 7) is 3.40. The lowest BCUT2D eigenvalue weighted by atomic mass is 10.2. The van der Waals surface area contributed by atoms with Gasteiger partial charge < -0.3 is 5.32 Å². The summed E-state index contributed by atoms with van der Waals surface area (Å²) < 4.78 is 50.0. The second kappa shape index (κ2) is 6.65. The van der Waals surface area contributed by atoms with Crippen LogP contribution in [0.15, 0.2) is 18.2 Å². The Balaban J connectivity index is 2.95. The molecular weight excluding hydrogens is 290 g/mol. The first kappa shape index (κ1) is 16.4. The van der Waals surface area contributed by atoms with Gasteiger partial charge in [0.15, 0.2) is 0 Å². The van der Waals surface area contributed by atoms with Gasteiger partial charge in [-0.05, 0) is 31.0 Å². The third-order valence-electron chi connectivity index (χ3n) is 2.44. The fraction of sp³-hybridized carbons (Fsp3) is 0.417. The molecule has 0 radical (unpaired) electrons. The Morgan fingerprint density at radius 2 is 2.00 bits per heavy atom. The summed E-state index contributed by atoms with van der Waals surface area (Å²) >= 11 is 0. The highest BCUT2D eigenvalue weighted by Crippen LogP contribution is 2.22. The maximum atomic E-state index is 12.1. The van der Waals surface area contributed by atoms with Crippen molar-refractivity contribution in [2.24, 2.45) is 0 Å². The zero-order valence-electron chi connectivity index (χ0n) is 11.1. The minimum atomic E-state index is -3.48. The Bertz CT molecular complexity index is 588. The first-order chi connectivity index (χ1) is 9.25. The molecule has 1 amide bonds. The van der Waals surface area contributed by atoms with E-state index in [1.54, 1.807) is 13.8 Å². The number of rotatable bonds is 6. The Morgan fingerprint density at radius 3 is 2.55 bits per heavy atom. The van der Waals surface area contributed by atoms with Crippen molar-refractivity contribution in [1.29, 1.82) is 0 Å². The van der Waals surface area contributed by atoms with E-state index in [0.29, 0.717) is 12.0 Å². The zero-order chi connectivity index (χ0) is 15.3. The first-order valence-corrected chi connectivity index (χ1v) is 7.60. The van der Waals surface area contributed by atoms with Crippen molar-refractivity contribution in [3.05, 3.63) is 23.8 Å². The zero-order valence-corrected chi connectivity index (χ0v) is 11.9. The largest absolute Gasteiger partial charge is 0.321 e. The number of anilines is 2. The Hall–Kier alpha value is -1.70. The molecular formula is C12H16F2N2O3S. The van der Waals surface area contributed by atoms with Gasteiger partial charge in [-0.15, -0.1) is 0 Å². The van der Waals surface area contributed by atoms with Gasteiger partial charge in [0.1, 0.15) is 0 Å². The number of hydrogen-bond acceptors (Lipinski definition) is 3. The summed E-state index contributed by atoms with van der Waals surface area (Å²) in [5, 5.41) is 2.00. The number of amides is 1. The Kier molecular flexibility index (Phi) is 5.43. The van der Waals surface area contributed by atoms with Crippen molar-refractivity contribution >= 4 is 27.3 Å². The van der Waals surface area contributed by atoms with Crippen LogP contribution in [0.4, 0.5) is 20.2 Å². The number of carbonyl (C=O) groups excluding carboxylic acids is 1. The molecule has 0 unspecified atom stereocenters.